The van der Waals surface area contributed by atoms with Gasteiger partial charge in [-0.1, -0.05) is 25.1 Å². The molecule has 0 saturated carbocycles. The van der Waals surface area contributed by atoms with Gasteiger partial charge in [-0.15, -0.1) is 0 Å². The second-order valence-corrected chi connectivity index (χ2v) is 7.15. The maximum Gasteiger partial charge on any atom is 0.241 e. The Kier molecular flexibility index (Phi) is 5.44. The molecular weight excluding hydrogens is 328 g/mol. The van der Waals surface area contributed by atoms with Crippen molar-refractivity contribution in [3.8, 4) is 5.69 Å². The van der Waals surface area contributed by atoms with Crippen LogP contribution in [0.4, 0.5) is 5.69 Å². The number of aliphatic hydroxyl groups excluding tert-OH is 1. The second kappa shape index (κ2) is 7.60. The highest BCUT2D eigenvalue weighted by Gasteiger charge is 2.35. The van der Waals surface area contributed by atoms with Gasteiger partial charge in [0.2, 0.25) is 5.91 Å². The number of β-amino-alcohol motifs (C(OH)–C–C–N with tert-alkyl or cyclic N) is 1. The molecule has 3 atom stereocenters. The van der Waals surface area contributed by atoms with Gasteiger partial charge in [-0.2, -0.15) is 5.10 Å². The van der Waals surface area contributed by atoms with Gasteiger partial charge in [-0.3, -0.25) is 9.69 Å². The summed E-state index contributed by atoms with van der Waals surface area (Å²) in [6.45, 7) is 9.14. The van der Waals surface area contributed by atoms with E-state index in [1.807, 2.05) is 55.8 Å². The first-order chi connectivity index (χ1) is 12.4. The van der Waals surface area contributed by atoms with Crippen LogP contribution < -0.4 is 5.32 Å². The highest BCUT2D eigenvalue weighted by molar-refractivity contribution is 5.95. The van der Waals surface area contributed by atoms with Crippen molar-refractivity contribution in [2.75, 3.05) is 18.4 Å². The van der Waals surface area contributed by atoms with Gasteiger partial charge in [0.05, 0.1) is 34.9 Å². The normalized spacial score (nSPS) is 21.7. The minimum atomic E-state index is -0.348. The third kappa shape index (κ3) is 3.52. The molecule has 1 aromatic heterocycles. The van der Waals surface area contributed by atoms with Crippen LogP contribution in [0.1, 0.15) is 31.7 Å². The van der Waals surface area contributed by atoms with Gasteiger partial charge in [0.1, 0.15) is 0 Å². The number of anilines is 1. The van der Waals surface area contributed by atoms with E-state index in [-0.39, 0.29) is 24.0 Å². The fraction of sp³-hybridized carbons (Fsp3) is 0.500. The summed E-state index contributed by atoms with van der Waals surface area (Å²) in [6, 6.07) is 9.59. The lowest BCUT2D eigenvalue weighted by molar-refractivity contribution is -0.120. The monoisotopic (exact) mass is 356 g/mol. The second-order valence-electron chi connectivity index (χ2n) is 7.15. The Morgan fingerprint density at radius 2 is 2.00 bits per heavy atom. The Balaban J connectivity index is 1.75. The van der Waals surface area contributed by atoms with Gasteiger partial charge < -0.3 is 10.4 Å². The molecule has 6 heteroatoms. The van der Waals surface area contributed by atoms with E-state index in [0.717, 1.165) is 35.7 Å². The zero-order chi connectivity index (χ0) is 18.8. The van der Waals surface area contributed by atoms with Crippen molar-refractivity contribution in [3.63, 3.8) is 0 Å². The van der Waals surface area contributed by atoms with E-state index in [1.165, 1.54) is 0 Å². The smallest absolute Gasteiger partial charge is 0.241 e. The Hall–Kier alpha value is -2.18. The molecule has 1 aromatic carbocycles. The summed E-state index contributed by atoms with van der Waals surface area (Å²) < 4.78 is 1.85. The van der Waals surface area contributed by atoms with Crippen LogP contribution in [-0.4, -0.2) is 50.9 Å². The number of hydrogen-bond acceptors (Lipinski definition) is 4. The number of carbonyl (C=O) groups excluding carboxylic acids is 1. The fourth-order valence-electron chi connectivity index (χ4n) is 3.64. The Labute approximate surface area is 154 Å². The van der Waals surface area contributed by atoms with Gasteiger partial charge in [0.15, 0.2) is 0 Å². The predicted molar refractivity (Wildman–Crippen MR) is 102 cm³/mol. The molecule has 1 amide bonds. The highest BCUT2D eigenvalue weighted by Crippen LogP contribution is 2.25. The summed E-state index contributed by atoms with van der Waals surface area (Å²) in [5, 5.41) is 17.7. The lowest BCUT2D eigenvalue weighted by Gasteiger charge is -2.23. The van der Waals surface area contributed by atoms with Crippen LogP contribution in [0.2, 0.25) is 0 Å². The maximum atomic E-state index is 12.8. The molecule has 0 radical (unpaired) electrons. The van der Waals surface area contributed by atoms with Crippen LogP contribution in [0.5, 0.6) is 0 Å². The fourth-order valence-corrected chi connectivity index (χ4v) is 3.64. The minimum absolute atomic E-state index is 0.0623. The summed E-state index contributed by atoms with van der Waals surface area (Å²) in [6.07, 6.45) is 0.577. The average Bonchev–Trinajstić information content (AvgIpc) is 3.16. The van der Waals surface area contributed by atoms with Crippen molar-refractivity contribution in [1.29, 1.82) is 0 Å². The summed E-state index contributed by atoms with van der Waals surface area (Å²) in [5.41, 5.74) is 3.43. The molecular formula is C20H28N4O2. The van der Waals surface area contributed by atoms with Gasteiger partial charge in [-0.05, 0) is 45.2 Å². The van der Waals surface area contributed by atoms with E-state index in [1.54, 1.807) is 0 Å². The van der Waals surface area contributed by atoms with Crippen molar-refractivity contribution in [2.24, 2.45) is 5.92 Å². The first-order valence-electron chi connectivity index (χ1n) is 9.27. The molecule has 2 N–H and O–H groups in total. The topological polar surface area (TPSA) is 70.4 Å². The van der Waals surface area contributed by atoms with E-state index < -0.39 is 0 Å². The standard InChI is InChI=1S/C20H28N4O2/c1-5-16-11-23(12-18(16)25)15(4)20(26)21-19-13(2)22-24(14(19)3)17-9-7-6-8-10-17/h6-10,15-16,18,25H,5,11-12H2,1-4H3,(H,21,26)/t15-,16+,18+/m0/s1. The first kappa shape index (κ1) is 18.6. The molecule has 2 heterocycles. The lowest BCUT2D eigenvalue weighted by Crippen LogP contribution is -2.41. The third-order valence-corrected chi connectivity index (χ3v) is 5.43. The molecule has 0 spiro atoms. The molecule has 2 aromatic rings. The number of aliphatic hydroxyl groups is 1. The number of aryl methyl sites for hydroxylation is 1. The highest BCUT2D eigenvalue weighted by atomic mass is 16.3. The SMILES string of the molecule is CC[C@@H]1CN([C@@H](C)C(=O)Nc2c(C)nn(-c3ccccc3)c2C)C[C@H]1O. The van der Waals surface area contributed by atoms with Crippen LogP contribution in [0.3, 0.4) is 0 Å². The Bertz CT molecular complexity index is 772. The molecule has 3 rings (SSSR count). The van der Waals surface area contributed by atoms with Gasteiger partial charge in [0.25, 0.3) is 0 Å². The number of nitrogens with zero attached hydrogens (tertiary/aromatic N) is 3. The summed E-state index contributed by atoms with van der Waals surface area (Å²) in [5.74, 6) is 0.183. The quantitative estimate of drug-likeness (QED) is 0.864. The molecule has 0 bridgehead atoms. The summed E-state index contributed by atoms with van der Waals surface area (Å²) in [7, 11) is 0. The molecule has 6 nitrogen and oxygen atoms in total. The van der Waals surface area contributed by atoms with Crippen LogP contribution in [0.25, 0.3) is 5.69 Å². The first-order valence-corrected chi connectivity index (χ1v) is 9.27. The van der Waals surface area contributed by atoms with E-state index in [9.17, 15) is 9.90 Å². The number of likely N-dealkylation sites (tertiary alicyclic amines) is 1. The molecule has 0 unspecified atom stereocenters. The number of rotatable bonds is 5. The summed E-state index contributed by atoms with van der Waals surface area (Å²) >= 11 is 0. The average molecular weight is 356 g/mol. The van der Waals surface area contributed by atoms with E-state index in [2.05, 4.69) is 22.2 Å². The zero-order valence-corrected chi connectivity index (χ0v) is 15.9. The van der Waals surface area contributed by atoms with E-state index in [0.29, 0.717) is 6.54 Å². The third-order valence-electron chi connectivity index (χ3n) is 5.43. The van der Waals surface area contributed by atoms with E-state index >= 15 is 0 Å². The van der Waals surface area contributed by atoms with E-state index in [4.69, 9.17) is 0 Å². The number of para-hydroxylation sites is 1. The Morgan fingerprint density at radius 3 is 2.62 bits per heavy atom. The van der Waals surface area contributed by atoms with Crippen LogP contribution >= 0.6 is 0 Å². The van der Waals surface area contributed by atoms with Crippen molar-refractivity contribution < 1.29 is 9.90 Å². The number of benzene rings is 1. The maximum absolute atomic E-state index is 12.8. The zero-order valence-electron chi connectivity index (χ0n) is 15.9. The van der Waals surface area contributed by atoms with Crippen LogP contribution in [-0.2, 0) is 4.79 Å². The predicted octanol–water partition coefficient (Wildman–Crippen LogP) is 2.52. The van der Waals surface area contributed by atoms with Crippen molar-refractivity contribution >= 4 is 11.6 Å². The Morgan fingerprint density at radius 1 is 1.31 bits per heavy atom. The number of hydrogen-bond donors (Lipinski definition) is 2. The number of carbonyl (C=O) groups is 1. The minimum Gasteiger partial charge on any atom is -0.391 e. The van der Waals surface area contributed by atoms with Crippen molar-refractivity contribution in [1.82, 2.24) is 14.7 Å². The molecule has 1 aliphatic heterocycles. The van der Waals surface area contributed by atoms with Gasteiger partial charge in [0, 0.05) is 13.1 Å². The van der Waals surface area contributed by atoms with Crippen LogP contribution in [0, 0.1) is 19.8 Å². The largest absolute Gasteiger partial charge is 0.391 e. The molecule has 26 heavy (non-hydrogen) atoms. The number of nitrogens with one attached hydrogen (secondary N) is 1. The summed E-state index contributed by atoms with van der Waals surface area (Å²) in [4.78, 5) is 14.8. The molecule has 140 valence electrons. The lowest BCUT2D eigenvalue weighted by atomic mass is 10.0. The van der Waals surface area contributed by atoms with Crippen LogP contribution in [0.15, 0.2) is 30.3 Å². The van der Waals surface area contributed by atoms with Crippen molar-refractivity contribution in [2.45, 2.75) is 46.3 Å². The molecule has 1 saturated heterocycles. The molecule has 1 aliphatic rings. The van der Waals surface area contributed by atoms with Gasteiger partial charge >= 0.3 is 0 Å². The number of amides is 1. The molecule has 1 fully saturated rings. The molecule has 0 aliphatic carbocycles. The number of aromatic nitrogens is 2. The van der Waals surface area contributed by atoms with Crippen molar-refractivity contribution in [3.05, 3.63) is 41.7 Å². The van der Waals surface area contributed by atoms with Gasteiger partial charge in [-0.25, -0.2) is 4.68 Å².